The first kappa shape index (κ1) is 28.9. The molecule has 0 bridgehead atoms. The molecule has 10 nitrogen and oxygen atoms in total. The number of hydrogen-bond donors (Lipinski definition) is 1. The van der Waals surface area contributed by atoms with Crippen LogP contribution in [0.5, 0.6) is 0 Å². The van der Waals surface area contributed by atoms with E-state index >= 15 is 0 Å². The van der Waals surface area contributed by atoms with Crippen LogP contribution in [-0.2, 0) is 26.1 Å². The van der Waals surface area contributed by atoms with Crippen molar-refractivity contribution in [1.82, 2.24) is 14.7 Å². The van der Waals surface area contributed by atoms with Crippen LogP contribution in [0.2, 0.25) is 0 Å². The molecule has 0 unspecified atom stereocenters. The summed E-state index contributed by atoms with van der Waals surface area (Å²) in [5, 5.41) is 5.77. The zero-order chi connectivity index (χ0) is 30.0. The minimum absolute atomic E-state index is 0.134. The van der Waals surface area contributed by atoms with Crippen molar-refractivity contribution < 1.29 is 17.9 Å². The predicted octanol–water partition coefficient (Wildman–Crippen LogP) is 4.02. The van der Waals surface area contributed by atoms with Crippen LogP contribution < -0.4 is 15.2 Å². The molecule has 0 aliphatic carbocycles. The lowest BCUT2D eigenvalue weighted by molar-refractivity contribution is -0.133. The number of hydrogen-bond acceptors (Lipinski definition) is 7. The summed E-state index contributed by atoms with van der Waals surface area (Å²) in [4.78, 5) is 30.6. The summed E-state index contributed by atoms with van der Waals surface area (Å²) in [6.45, 7) is 5.41. The second kappa shape index (κ2) is 12.2. The molecule has 4 aromatic rings. The third-order valence-electron chi connectivity index (χ3n) is 8.06. The zero-order valence-electron chi connectivity index (χ0n) is 24.2. The summed E-state index contributed by atoms with van der Waals surface area (Å²) in [6.07, 6.45) is 3.00. The fourth-order valence-electron chi connectivity index (χ4n) is 5.69. The smallest absolute Gasteiger partial charge is 0.275 e. The Morgan fingerprint density at radius 3 is 2.33 bits per heavy atom. The van der Waals surface area contributed by atoms with Gasteiger partial charge < -0.3 is 14.5 Å². The fourth-order valence-corrected chi connectivity index (χ4v) is 6.76. The Labute approximate surface area is 250 Å². The Balaban J connectivity index is 1.44. The number of anilines is 2. The van der Waals surface area contributed by atoms with Gasteiger partial charge in [-0.3, -0.25) is 14.3 Å². The number of carbonyl (C=O) groups excluding carboxylic acids is 1. The van der Waals surface area contributed by atoms with Crippen LogP contribution in [0.25, 0.3) is 22.0 Å². The van der Waals surface area contributed by atoms with E-state index in [0.717, 1.165) is 30.5 Å². The molecule has 43 heavy (non-hydrogen) atoms. The third-order valence-corrected chi connectivity index (χ3v) is 9.44. The highest BCUT2D eigenvalue weighted by atomic mass is 32.2. The van der Waals surface area contributed by atoms with Gasteiger partial charge in [-0.05, 0) is 56.5 Å². The summed E-state index contributed by atoms with van der Waals surface area (Å²) in [6, 6.07) is 19.4. The van der Waals surface area contributed by atoms with Gasteiger partial charge in [0.2, 0.25) is 5.91 Å². The van der Waals surface area contributed by atoms with E-state index in [4.69, 9.17) is 9.84 Å². The largest absolute Gasteiger partial charge is 0.378 e. The molecule has 0 spiro atoms. The molecular weight excluding hydrogens is 566 g/mol. The topological polar surface area (TPSA) is 114 Å². The van der Waals surface area contributed by atoms with Gasteiger partial charge >= 0.3 is 0 Å². The maximum atomic E-state index is 13.5. The lowest BCUT2D eigenvalue weighted by Crippen LogP contribution is -2.40. The number of aryl methyl sites for hydroxylation is 1. The number of likely N-dealkylation sites (tertiary alicyclic amines) is 1. The first-order valence-electron chi connectivity index (χ1n) is 14.6. The van der Waals surface area contributed by atoms with Crippen molar-refractivity contribution in [3.05, 3.63) is 82.6 Å². The first-order valence-corrected chi connectivity index (χ1v) is 16.1. The van der Waals surface area contributed by atoms with Crippen LogP contribution in [0.4, 0.5) is 11.4 Å². The van der Waals surface area contributed by atoms with Crippen molar-refractivity contribution in [1.29, 1.82) is 0 Å². The maximum absolute atomic E-state index is 13.5. The van der Waals surface area contributed by atoms with Gasteiger partial charge in [0.1, 0.15) is 6.54 Å². The van der Waals surface area contributed by atoms with E-state index in [9.17, 15) is 18.0 Å². The molecule has 3 aromatic carbocycles. The van der Waals surface area contributed by atoms with Gasteiger partial charge in [-0.25, -0.2) is 13.1 Å². The summed E-state index contributed by atoms with van der Waals surface area (Å²) >= 11 is 0. The van der Waals surface area contributed by atoms with Gasteiger partial charge in [-0.15, -0.1) is 0 Å². The highest BCUT2D eigenvalue weighted by Gasteiger charge is 2.23. The molecule has 2 fully saturated rings. The van der Waals surface area contributed by atoms with Crippen molar-refractivity contribution in [2.75, 3.05) is 49.0 Å². The quantitative estimate of drug-likeness (QED) is 0.340. The Bertz CT molecular complexity index is 1810. The molecule has 6 rings (SSSR count). The number of aromatic nitrogens is 2. The van der Waals surface area contributed by atoms with Gasteiger partial charge in [0.05, 0.1) is 40.6 Å². The number of ether oxygens (including phenoxy) is 1. The SMILES string of the molecule is Cc1ccc(S(=O)(=O)Nc2cc(-c3nn(CC(=O)N4CCCCC4)c(=O)c4ccccc34)ccc2N2CCOCC2)cc1. The molecule has 1 aromatic heterocycles. The average molecular weight is 602 g/mol. The van der Waals surface area contributed by atoms with Crippen LogP contribution in [-0.4, -0.2) is 68.4 Å². The molecule has 1 N–H and O–H groups in total. The van der Waals surface area contributed by atoms with Crippen molar-refractivity contribution in [2.45, 2.75) is 37.6 Å². The predicted molar refractivity (Wildman–Crippen MR) is 167 cm³/mol. The zero-order valence-corrected chi connectivity index (χ0v) is 25.0. The number of benzene rings is 3. The molecule has 11 heteroatoms. The molecule has 224 valence electrons. The number of fused-ring (bicyclic) bond motifs is 1. The molecule has 2 aliphatic rings. The number of sulfonamides is 1. The normalized spacial score (nSPS) is 15.9. The van der Waals surface area contributed by atoms with Crippen LogP contribution in [0, 0.1) is 6.92 Å². The Kier molecular flexibility index (Phi) is 8.18. The molecular formula is C32H35N5O5S. The van der Waals surface area contributed by atoms with E-state index in [2.05, 4.69) is 9.62 Å². The molecule has 2 saturated heterocycles. The lowest BCUT2D eigenvalue weighted by atomic mass is 10.0. The van der Waals surface area contributed by atoms with Crippen LogP contribution in [0.1, 0.15) is 24.8 Å². The second-order valence-electron chi connectivity index (χ2n) is 11.0. The first-order chi connectivity index (χ1) is 20.8. The van der Waals surface area contributed by atoms with Crippen LogP contribution >= 0.6 is 0 Å². The average Bonchev–Trinajstić information content (AvgIpc) is 3.03. The number of nitrogens with one attached hydrogen (secondary N) is 1. The van der Waals surface area contributed by atoms with Crippen molar-refractivity contribution in [3.8, 4) is 11.3 Å². The van der Waals surface area contributed by atoms with Gasteiger partial charge in [0.15, 0.2) is 0 Å². The van der Waals surface area contributed by atoms with Gasteiger partial charge in [-0.1, -0.05) is 42.0 Å². The number of piperidine rings is 1. The molecule has 0 saturated carbocycles. The van der Waals surface area contributed by atoms with E-state index in [1.807, 2.05) is 31.2 Å². The van der Waals surface area contributed by atoms with E-state index in [-0.39, 0.29) is 22.9 Å². The van der Waals surface area contributed by atoms with Crippen molar-refractivity contribution in [3.63, 3.8) is 0 Å². The molecule has 3 heterocycles. The summed E-state index contributed by atoms with van der Waals surface area (Å²) in [7, 11) is -3.91. The number of nitrogens with zero attached hydrogens (tertiary/aromatic N) is 4. The number of carbonyl (C=O) groups is 1. The van der Waals surface area contributed by atoms with Crippen molar-refractivity contribution in [2.24, 2.45) is 0 Å². The Hall–Kier alpha value is -4.22. The second-order valence-corrected chi connectivity index (χ2v) is 12.7. The monoisotopic (exact) mass is 601 g/mol. The Morgan fingerprint density at radius 1 is 0.907 bits per heavy atom. The molecule has 2 aliphatic heterocycles. The van der Waals surface area contributed by atoms with Crippen LogP contribution in [0.15, 0.2) is 76.4 Å². The van der Waals surface area contributed by atoms with Crippen molar-refractivity contribution >= 4 is 38.1 Å². The third kappa shape index (κ3) is 6.14. The standard InChI is InChI=1S/C32H35N5O5S/c1-23-9-12-25(13-10-23)43(40,41)34-28-21-24(11-14-29(28)35-17-19-42-20-18-35)31-26-7-3-4-8-27(26)32(39)37(33-31)22-30(38)36-15-5-2-6-16-36/h3-4,7-14,21,34H,2,5-6,15-20,22H2,1H3. The fraction of sp³-hybridized carbons (Fsp3) is 0.344. The van der Waals surface area contributed by atoms with Crippen LogP contribution in [0.3, 0.4) is 0 Å². The summed E-state index contributed by atoms with van der Waals surface area (Å²) in [5.41, 5.74) is 2.85. The number of morpholine rings is 1. The number of amides is 1. The van der Waals surface area contributed by atoms with Gasteiger partial charge in [0.25, 0.3) is 15.6 Å². The highest BCUT2D eigenvalue weighted by molar-refractivity contribution is 7.92. The molecule has 1 amide bonds. The molecule has 0 atom stereocenters. The van der Waals surface area contributed by atoms with E-state index in [0.29, 0.717) is 67.1 Å². The number of rotatable bonds is 7. The van der Waals surface area contributed by atoms with Gasteiger partial charge in [0, 0.05) is 37.1 Å². The minimum atomic E-state index is -3.91. The Morgan fingerprint density at radius 2 is 1.60 bits per heavy atom. The lowest BCUT2D eigenvalue weighted by Gasteiger charge is -2.31. The van der Waals surface area contributed by atoms with E-state index in [1.165, 1.54) is 4.68 Å². The van der Waals surface area contributed by atoms with E-state index in [1.54, 1.807) is 47.4 Å². The highest BCUT2D eigenvalue weighted by Crippen LogP contribution is 2.35. The minimum Gasteiger partial charge on any atom is -0.378 e. The summed E-state index contributed by atoms with van der Waals surface area (Å²) in [5.74, 6) is -0.134. The molecule has 0 radical (unpaired) electrons. The van der Waals surface area contributed by atoms with Gasteiger partial charge in [-0.2, -0.15) is 5.10 Å². The summed E-state index contributed by atoms with van der Waals surface area (Å²) < 4.78 is 36.6. The maximum Gasteiger partial charge on any atom is 0.275 e. The van der Waals surface area contributed by atoms with E-state index < -0.39 is 10.0 Å².